The molecule has 1 heterocycles. The Kier molecular flexibility index (Phi) is 5.53. The number of benzene rings is 2. The van der Waals surface area contributed by atoms with Gasteiger partial charge in [0.25, 0.3) is 5.91 Å². The number of hydrogen-bond acceptors (Lipinski definition) is 5. The maximum Gasteiger partial charge on any atom is 0.263 e. The van der Waals surface area contributed by atoms with Crippen LogP contribution in [-0.4, -0.2) is 10.2 Å². The zero-order valence-corrected chi connectivity index (χ0v) is 16.0. The standard InChI is InChI=1S/C18H11BrN2O2S2/c19-14-7-11(8-16-17(22)21-18(24)25-16)5-6-15(14)23-10-13-4-2-1-3-12(13)9-20/h1-8H,10H2,(H,21,22,24)/b16-8+. The van der Waals surface area contributed by atoms with Gasteiger partial charge in [-0.05, 0) is 45.8 Å². The molecule has 1 aliphatic rings. The second-order valence-corrected chi connectivity index (χ2v) is 7.67. The molecule has 0 radical (unpaired) electrons. The van der Waals surface area contributed by atoms with Crippen molar-refractivity contribution < 1.29 is 9.53 Å². The first-order valence-corrected chi connectivity index (χ1v) is 9.24. The number of nitrogens with one attached hydrogen (secondary N) is 1. The number of ether oxygens (including phenoxy) is 1. The van der Waals surface area contributed by atoms with Crippen LogP contribution in [-0.2, 0) is 11.4 Å². The first-order valence-electron chi connectivity index (χ1n) is 7.22. The molecule has 4 nitrogen and oxygen atoms in total. The Morgan fingerprint density at radius 3 is 2.80 bits per heavy atom. The molecule has 0 saturated carbocycles. The van der Waals surface area contributed by atoms with Gasteiger partial charge in [-0.3, -0.25) is 4.79 Å². The largest absolute Gasteiger partial charge is 0.488 e. The summed E-state index contributed by atoms with van der Waals surface area (Å²) in [6.07, 6.45) is 1.78. The molecule has 0 unspecified atom stereocenters. The van der Waals surface area contributed by atoms with Crippen LogP contribution in [0.25, 0.3) is 6.08 Å². The van der Waals surface area contributed by atoms with E-state index in [0.717, 1.165) is 15.6 Å². The first-order chi connectivity index (χ1) is 12.1. The summed E-state index contributed by atoms with van der Waals surface area (Å²) < 4.78 is 7.03. The lowest BCUT2D eigenvalue weighted by atomic mass is 10.1. The predicted octanol–water partition coefficient (Wildman–Crippen LogP) is 4.39. The van der Waals surface area contributed by atoms with Crippen molar-refractivity contribution in [3.05, 3.63) is 68.5 Å². The Labute approximate surface area is 163 Å². The lowest BCUT2D eigenvalue weighted by molar-refractivity contribution is -0.115. The molecule has 1 amide bonds. The van der Waals surface area contributed by atoms with Crippen LogP contribution >= 0.6 is 39.9 Å². The fourth-order valence-corrected chi connectivity index (χ4v) is 3.76. The summed E-state index contributed by atoms with van der Waals surface area (Å²) in [5, 5.41) is 11.7. The number of thiocarbonyl (C=S) groups is 1. The van der Waals surface area contributed by atoms with Crippen LogP contribution in [0.15, 0.2) is 51.8 Å². The quantitative estimate of drug-likeness (QED) is 0.575. The van der Waals surface area contributed by atoms with Gasteiger partial charge in [-0.25, -0.2) is 0 Å². The van der Waals surface area contributed by atoms with E-state index in [2.05, 4.69) is 27.3 Å². The van der Waals surface area contributed by atoms with Gasteiger partial charge in [-0.2, -0.15) is 5.26 Å². The second kappa shape index (κ2) is 7.83. The number of carbonyl (C=O) groups excluding carboxylic acids is 1. The summed E-state index contributed by atoms with van der Waals surface area (Å²) in [6.45, 7) is 0.301. The fourth-order valence-electron chi connectivity index (χ4n) is 2.21. The lowest BCUT2D eigenvalue weighted by Gasteiger charge is -2.10. The molecule has 1 saturated heterocycles. The van der Waals surface area contributed by atoms with Crippen LogP contribution < -0.4 is 10.1 Å². The highest BCUT2D eigenvalue weighted by molar-refractivity contribution is 9.10. The highest BCUT2D eigenvalue weighted by Gasteiger charge is 2.22. The van der Waals surface area contributed by atoms with Crippen molar-refractivity contribution in [2.24, 2.45) is 0 Å². The van der Waals surface area contributed by atoms with Gasteiger partial charge in [0.1, 0.15) is 16.7 Å². The van der Waals surface area contributed by atoms with E-state index in [1.807, 2.05) is 36.4 Å². The van der Waals surface area contributed by atoms with E-state index in [1.165, 1.54) is 11.8 Å². The summed E-state index contributed by atoms with van der Waals surface area (Å²) >= 11 is 9.70. The maximum atomic E-state index is 11.7. The molecule has 25 heavy (non-hydrogen) atoms. The molecule has 0 bridgehead atoms. The molecule has 0 spiro atoms. The zero-order valence-electron chi connectivity index (χ0n) is 12.8. The van der Waals surface area contributed by atoms with Crippen LogP contribution in [0, 0.1) is 11.3 Å². The van der Waals surface area contributed by atoms with Gasteiger partial charge in [0.15, 0.2) is 0 Å². The highest BCUT2D eigenvalue weighted by Crippen LogP contribution is 2.30. The minimum absolute atomic E-state index is 0.181. The summed E-state index contributed by atoms with van der Waals surface area (Å²) in [6, 6.07) is 15.0. The number of halogens is 1. The topological polar surface area (TPSA) is 62.1 Å². The van der Waals surface area contributed by atoms with Crippen molar-refractivity contribution in [3.63, 3.8) is 0 Å². The number of amides is 1. The normalized spacial score (nSPS) is 15.1. The minimum atomic E-state index is -0.181. The summed E-state index contributed by atoms with van der Waals surface area (Å²) in [5.41, 5.74) is 2.29. The lowest BCUT2D eigenvalue weighted by Crippen LogP contribution is -2.17. The van der Waals surface area contributed by atoms with Crippen molar-refractivity contribution in [2.75, 3.05) is 0 Å². The Morgan fingerprint density at radius 2 is 2.12 bits per heavy atom. The van der Waals surface area contributed by atoms with Crippen LogP contribution in [0.1, 0.15) is 16.7 Å². The van der Waals surface area contributed by atoms with E-state index < -0.39 is 0 Å². The summed E-state index contributed by atoms with van der Waals surface area (Å²) in [5.74, 6) is 0.480. The van der Waals surface area contributed by atoms with E-state index in [4.69, 9.17) is 22.2 Å². The molecule has 2 aromatic rings. The molecular formula is C18H11BrN2O2S2. The van der Waals surface area contributed by atoms with Crippen LogP contribution in [0.4, 0.5) is 0 Å². The number of hydrogen-bond donors (Lipinski definition) is 1. The molecule has 7 heteroatoms. The van der Waals surface area contributed by atoms with Gasteiger partial charge in [0.2, 0.25) is 0 Å². The second-order valence-electron chi connectivity index (χ2n) is 5.10. The number of carbonyl (C=O) groups is 1. The third kappa shape index (κ3) is 4.28. The van der Waals surface area contributed by atoms with Gasteiger partial charge in [-0.1, -0.05) is 48.2 Å². The van der Waals surface area contributed by atoms with Crippen molar-refractivity contribution in [2.45, 2.75) is 6.61 Å². The molecule has 1 aliphatic heterocycles. The SMILES string of the molecule is N#Cc1ccccc1COc1ccc(/C=C2/SC(=S)NC2=O)cc1Br. The number of nitrogens with zero attached hydrogens (tertiary/aromatic N) is 1. The molecule has 1 fully saturated rings. The van der Waals surface area contributed by atoms with Crippen LogP contribution in [0.3, 0.4) is 0 Å². The van der Waals surface area contributed by atoms with Crippen molar-refractivity contribution in [1.82, 2.24) is 5.32 Å². The average Bonchev–Trinajstić information content (AvgIpc) is 2.91. The number of rotatable bonds is 4. The number of nitriles is 1. The maximum absolute atomic E-state index is 11.7. The van der Waals surface area contributed by atoms with Gasteiger partial charge < -0.3 is 10.1 Å². The van der Waals surface area contributed by atoms with Crippen LogP contribution in [0.5, 0.6) is 5.75 Å². The molecule has 0 aliphatic carbocycles. The highest BCUT2D eigenvalue weighted by atomic mass is 79.9. The smallest absolute Gasteiger partial charge is 0.263 e. The van der Waals surface area contributed by atoms with Gasteiger partial charge >= 0.3 is 0 Å². The summed E-state index contributed by atoms with van der Waals surface area (Å²) in [4.78, 5) is 12.3. The van der Waals surface area contributed by atoms with Gasteiger partial charge in [-0.15, -0.1) is 0 Å². The Balaban J connectivity index is 1.74. The Bertz CT molecular complexity index is 935. The fraction of sp³-hybridized carbons (Fsp3) is 0.0556. The van der Waals surface area contributed by atoms with E-state index >= 15 is 0 Å². The van der Waals surface area contributed by atoms with Gasteiger partial charge in [0.05, 0.1) is 21.0 Å². The molecule has 0 atom stereocenters. The monoisotopic (exact) mass is 430 g/mol. The third-order valence-corrected chi connectivity index (χ3v) is 5.20. The number of thioether (sulfide) groups is 1. The van der Waals surface area contributed by atoms with E-state index in [9.17, 15) is 4.79 Å². The molecule has 124 valence electrons. The minimum Gasteiger partial charge on any atom is -0.488 e. The van der Waals surface area contributed by atoms with Crippen molar-refractivity contribution in [1.29, 1.82) is 5.26 Å². The van der Waals surface area contributed by atoms with E-state index in [0.29, 0.717) is 27.1 Å². The molecular weight excluding hydrogens is 420 g/mol. The van der Waals surface area contributed by atoms with E-state index in [-0.39, 0.29) is 5.91 Å². The predicted molar refractivity (Wildman–Crippen MR) is 106 cm³/mol. The third-order valence-electron chi connectivity index (χ3n) is 3.42. The molecule has 0 aromatic heterocycles. The Morgan fingerprint density at radius 1 is 1.32 bits per heavy atom. The molecule has 3 rings (SSSR count). The van der Waals surface area contributed by atoms with Crippen molar-refractivity contribution >= 4 is 56.2 Å². The van der Waals surface area contributed by atoms with Crippen molar-refractivity contribution in [3.8, 4) is 11.8 Å². The molecule has 1 N–H and O–H groups in total. The first kappa shape index (κ1) is 17.7. The zero-order chi connectivity index (χ0) is 17.8. The summed E-state index contributed by atoms with van der Waals surface area (Å²) in [7, 11) is 0. The Hall–Kier alpha value is -2.14. The molecule has 2 aromatic carbocycles. The van der Waals surface area contributed by atoms with Crippen LogP contribution in [0.2, 0.25) is 0 Å². The van der Waals surface area contributed by atoms with E-state index in [1.54, 1.807) is 12.1 Å². The average molecular weight is 431 g/mol. The van der Waals surface area contributed by atoms with Gasteiger partial charge in [0, 0.05) is 5.56 Å².